The summed E-state index contributed by atoms with van der Waals surface area (Å²) in [5, 5.41) is 7.91. The lowest BCUT2D eigenvalue weighted by Crippen LogP contribution is -2.41. The molecule has 0 aromatic heterocycles. The van der Waals surface area contributed by atoms with E-state index in [1.54, 1.807) is 24.3 Å². The highest BCUT2D eigenvalue weighted by Gasteiger charge is 2.21. The number of para-hydroxylation sites is 1. The molecule has 0 aliphatic heterocycles. The minimum Gasteiger partial charge on any atom is -0.357 e. The molecule has 5 heteroatoms. The summed E-state index contributed by atoms with van der Waals surface area (Å²) in [6, 6.07) is 17.0. The molecule has 0 radical (unpaired) electrons. The van der Waals surface area contributed by atoms with Gasteiger partial charge in [0.2, 0.25) is 5.91 Å². The number of nitrogens with one attached hydrogen (secondary N) is 3. The Balaban J connectivity index is 2.09. The van der Waals surface area contributed by atoms with E-state index in [-0.39, 0.29) is 5.91 Å². The first kappa shape index (κ1) is 14.6. The summed E-state index contributed by atoms with van der Waals surface area (Å²) < 4.78 is 0. The van der Waals surface area contributed by atoms with E-state index >= 15 is 0 Å². The van der Waals surface area contributed by atoms with Crippen molar-refractivity contribution in [2.45, 2.75) is 6.04 Å². The molecule has 21 heavy (non-hydrogen) atoms. The SMILES string of the molecule is CNC(=O)[C@@H](NC(=O)Nc1ccccc1)c1ccccc1. The third kappa shape index (κ3) is 4.07. The summed E-state index contributed by atoms with van der Waals surface area (Å²) in [5.41, 5.74) is 1.39. The van der Waals surface area contributed by atoms with Crippen molar-refractivity contribution in [3.8, 4) is 0 Å². The molecule has 0 fully saturated rings. The molecule has 0 heterocycles. The minimum absolute atomic E-state index is 0.274. The summed E-state index contributed by atoms with van der Waals surface area (Å²) in [4.78, 5) is 24.0. The zero-order valence-corrected chi connectivity index (χ0v) is 11.7. The maximum atomic E-state index is 12.0. The Morgan fingerprint density at radius 1 is 0.905 bits per heavy atom. The molecule has 0 unspecified atom stereocenters. The van der Waals surface area contributed by atoms with Crippen molar-refractivity contribution in [2.75, 3.05) is 12.4 Å². The van der Waals surface area contributed by atoms with E-state index in [0.717, 1.165) is 5.56 Å². The van der Waals surface area contributed by atoms with Crippen molar-refractivity contribution in [1.29, 1.82) is 0 Å². The molecule has 1 atom stereocenters. The predicted molar refractivity (Wildman–Crippen MR) is 81.8 cm³/mol. The second kappa shape index (κ2) is 7.09. The number of amides is 3. The van der Waals surface area contributed by atoms with Crippen LogP contribution in [0, 0.1) is 0 Å². The van der Waals surface area contributed by atoms with E-state index < -0.39 is 12.1 Å². The van der Waals surface area contributed by atoms with Crippen LogP contribution in [0.4, 0.5) is 10.5 Å². The highest BCUT2D eigenvalue weighted by molar-refractivity contribution is 5.94. The number of carbonyl (C=O) groups is 2. The van der Waals surface area contributed by atoms with Gasteiger partial charge >= 0.3 is 6.03 Å². The number of anilines is 1. The molecule has 0 saturated heterocycles. The first-order valence-electron chi connectivity index (χ1n) is 6.60. The maximum Gasteiger partial charge on any atom is 0.320 e. The van der Waals surface area contributed by atoms with Crippen molar-refractivity contribution in [3.05, 3.63) is 66.2 Å². The van der Waals surface area contributed by atoms with Crippen LogP contribution in [-0.2, 0) is 4.79 Å². The van der Waals surface area contributed by atoms with Gasteiger partial charge in [-0.15, -0.1) is 0 Å². The van der Waals surface area contributed by atoms with E-state index in [1.807, 2.05) is 36.4 Å². The lowest BCUT2D eigenvalue weighted by molar-refractivity contribution is -0.122. The Labute approximate surface area is 123 Å². The van der Waals surface area contributed by atoms with Crippen LogP contribution in [0.2, 0.25) is 0 Å². The average molecular weight is 283 g/mol. The third-order valence-electron chi connectivity index (χ3n) is 2.95. The summed E-state index contributed by atoms with van der Waals surface area (Å²) in [7, 11) is 1.54. The van der Waals surface area contributed by atoms with Crippen molar-refractivity contribution in [3.63, 3.8) is 0 Å². The van der Waals surface area contributed by atoms with Crippen LogP contribution in [0.1, 0.15) is 11.6 Å². The number of hydrogen-bond acceptors (Lipinski definition) is 2. The Bertz CT molecular complexity index is 599. The van der Waals surface area contributed by atoms with Gasteiger partial charge in [-0.3, -0.25) is 4.79 Å². The quantitative estimate of drug-likeness (QED) is 0.805. The number of urea groups is 1. The molecule has 0 saturated carbocycles. The van der Waals surface area contributed by atoms with E-state index in [2.05, 4.69) is 16.0 Å². The van der Waals surface area contributed by atoms with Crippen molar-refractivity contribution < 1.29 is 9.59 Å². The van der Waals surface area contributed by atoms with Crippen molar-refractivity contribution in [1.82, 2.24) is 10.6 Å². The standard InChI is InChI=1S/C16H17N3O2/c1-17-15(20)14(12-8-4-2-5-9-12)19-16(21)18-13-10-6-3-7-11-13/h2-11,14H,1H3,(H,17,20)(H2,18,19,21)/t14-/m0/s1. The largest absolute Gasteiger partial charge is 0.357 e. The molecule has 0 spiro atoms. The first-order valence-corrected chi connectivity index (χ1v) is 6.60. The van der Waals surface area contributed by atoms with Gasteiger partial charge in [-0.05, 0) is 17.7 Å². The van der Waals surface area contributed by atoms with Gasteiger partial charge in [0.05, 0.1) is 0 Å². The van der Waals surface area contributed by atoms with Gasteiger partial charge < -0.3 is 16.0 Å². The Kier molecular flexibility index (Phi) is 4.93. The first-order chi connectivity index (χ1) is 10.2. The van der Waals surface area contributed by atoms with Crippen molar-refractivity contribution >= 4 is 17.6 Å². The van der Waals surface area contributed by atoms with Crippen LogP contribution in [0.15, 0.2) is 60.7 Å². The van der Waals surface area contributed by atoms with Crippen LogP contribution in [0.25, 0.3) is 0 Å². The fraction of sp³-hybridized carbons (Fsp3) is 0.125. The van der Waals surface area contributed by atoms with Gasteiger partial charge in [0, 0.05) is 12.7 Å². The van der Waals surface area contributed by atoms with Gasteiger partial charge in [0.15, 0.2) is 0 Å². The van der Waals surface area contributed by atoms with Gasteiger partial charge in [-0.1, -0.05) is 48.5 Å². The summed E-state index contributed by atoms with van der Waals surface area (Å²) >= 11 is 0. The molecular formula is C16H17N3O2. The normalized spacial score (nSPS) is 11.3. The molecule has 5 nitrogen and oxygen atoms in total. The molecule has 0 aliphatic rings. The topological polar surface area (TPSA) is 70.2 Å². The van der Waals surface area contributed by atoms with Gasteiger partial charge in [-0.2, -0.15) is 0 Å². The second-order valence-electron chi connectivity index (χ2n) is 4.42. The van der Waals surface area contributed by atoms with Crippen molar-refractivity contribution in [2.24, 2.45) is 0 Å². The number of rotatable bonds is 4. The molecular weight excluding hydrogens is 266 g/mol. The molecule has 0 aliphatic carbocycles. The van der Waals surface area contributed by atoms with Gasteiger partial charge in [0.1, 0.15) is 6.04 Å². The smallest absolute Gasteiger partial charge is 0.320 e. The molecule has 2 aromatic rings. The Morgan fingerprint density at radius 3 is 2.05 bits per heavy atom. The maximum absolute atomic E-state index is 12.0. The highest BCUT2D eigenvalue weighted by atomic mass is 16.2. The molecule has 108 valence electrons. The molecule has 2 aromatic carbocycles. The summed E-state index contributed by atoms with van der Waals surface area (Å²) in [6.07, 6.45) is 0. The molecule has 2 rings (SSSR count). The van der Waals surface area contributed by atoms with Crippen LogP contribution in [0.3, 0.4) is 0 Å². The fourth-order valence-electron chi connectivity index (χ4n) is 1.91. The molecule has 0 bridgehead atoms. The monoisotopic (exact) mass is 283 g/mol. The predicted octanol–water partition coefficient (Wildman–Crippen LogP) is 2.30. The zero-order valence-electron chi connectivity index (χ0n) is 11.7. The van der Waals surface area contributed by atoms with E-state index in [1.165, 1.54) is 7.05 Å². The number of benzene rings is 2. The van der Waals surface area contributed by atoms with E-state index in [4.69, 9.17) is 0 Å². The van der Waals surface area contributed by atoms with Crippen LogP contribution in [-0.4, -0.2) is 19.0 Å². The number of carbonyl (C=O) groups excluding carboxylic acids is 2. The highest BCUT2D eigenvalue weighted by Crippen LogP contribution is 2.13. The lowest BCUT2D eigenvalue weighted by atomic mass is 10.1. The Morgan fingerprint density at radius 2 is 1.48 bits per heavy atom. The zero-order chi connectivity index (χ0) is 15.1. The number of hydrogen-bond donors (Lipinski definition) is 3. The lowest BCUT2D eigenvalue weighted by Gasteiger charge is -2.18. The molecule has 3 N–H and O–H groups in total. The van der Waals surface area contributed by atoms with E-state index in [9.17, 15) is 9.59 Å². The van der Waals surface area contributed by atoms with E-state index in [0.29, 0.717) is 5.69 Å². The minimum atomic E-state index is -0.736. The summed E-state index contributed by atoms with van der Waals surface area (Å²) in [5.74, 6) is -0.274. The summed E-state index contributed by atoms with van der Waals surface area (Å²) in [6.45, 7) is 0. The average Bonchev–Trinajstić information content (AvgIpc) is 2.53. The number of likely N-dealkylation sites (N-methyl/N-ethyl adjacent to an activating group) is 1. The second-order valence-corrected chi connectivity index (χ2v) is 4.42. The van der Waals surface area contributed by atoms with Crippen LogP contribution in [0.5, 0.6) is 0 Å². The Hall–Kier alpha value is -2.82. The van der Waals surface area contributed by atoms with Crippen LogP contribution < -0.4 is 16.0 Å². The molecule has 3 amide bonds. The van der Waals surface area contributed by atoms with Gasteiger partial charge in [0.25, 0.3) is 0 Å². The van der Waals surface area contributed by atoms with Gasteiger partial charge in [-0.25, -0.2) is 4.79 Å². The third-order valence-corrected chi connectivity index (χ3v) is 2.95. The van der Waals surface area contributed by atoms with Crippen LogP contribution >= 0.6 is 0 Å². The fourth-order valence-corrected chi connectivity index (χ4v) is 1.91.